The van der Waals surface area contributed by atoms with Gasteiger partial charge in [-0.05, 0) is 32.1 Å². The number of unbranched alkanes of at least 4 members (excludes halogenated alkanes) is 31. The summed E-state index contributed by atoms with van der Waals surface area (Å²) >= 11 is 0. The van der Waals surface area contributed by atoms with E-state index in [4.69, 9.17) is 18.5 Å². The summed E-state index contributed by atoms with van der Waals surface area (Å²) in [4.78, 5) is 35.8. The first-order chi connectivity index (χ1) is 31.4. The zero-order chi connectivity index (χ0) is 47.8. The average Bonchev–Trinajstić information content (AvgIpc) is 3.29. The molecule has 0 spiro atoms. The van der Waals surface area contributed by atoms with E-state index >= 15 is 0 Å². The normalized spacial score (nSPS) is 21.4. The van der Waals surface area contributed by atoms with Crippen LogP contribution in [0.2, 0.25) is 0 Å². The van der Waals surface area contributed by atoms with Crippen LogP contribution in [0.25, 0.3) is 0 Å². The van der Waals surface area contributed by atoms with E-state index in [1.807, 2.05) is 0 Å². The Labute approximate surface area is 394 Å². The molecule has 6 N–H and O–H groups in total. The summed E-state index contributed by atoms with van der Waals surface area (Å²) in [5.41, 5.74) is 0. The van der Waals surface area contributed by atoms with Gasteiger partial charge < -0.3 is 39.9 Å². The van der Waals surface area contributed by atoms with Gasteiger partial charge in [-0.15, -0.1) is 0 Å². The van der Waals surface area contributed by atoms with Crippen molar-refractivity contribution in [3.8, 4) is 0 Å². The summed E-state index contributed by atoms with van der Waals surface area (Å²) < 4.78 is 33.7. The summed E-state index contributed by atoms with van der Waals surface area (Å²) in [6.45, 7) is 3.31. The molecule has 1 aliphatic carbocycles. The molecular weight excluding hydrogens is 852 g/mol. The molecule has 1 rings (SSSR count). The van der Waals surface area contributed by atoms with Crippen molar-refractivity contribution in [1.29, 1.82) is 0 Å². The molecule has 0 radical (unpaired) electrons. The van der Waals surface area contributed by atoms with Crippen molar-refractivity contribution in [3.63, 3.8) is 0 Å². The van der Waals surface area contributed by atoms with Crippen LogP contribution in [0, 0.1) is 0 Å². The van der Waals surface area contributed by atoms with Crippen LogP contribution < -0.4 is 0 Å². The molecule has 0 aromatic carbocycles. The highest BCUT2D eigenvalue weighted by molar-refractivity contribution is 7.47. The lowest BCUT2D eigenvalue weighted by atomic mass is 9.85. The molecule has 1 aliphatic rings. The molecule has 1 saturated carbocycles. The Hall–Kier alpha value is -1.41. The van der Waals surface area contributed by atoms with Gasteiger partial charge in [0.15, 0.2) is 6.10 Å². The first-order valence-corrected chi connectivity index (χ1v) is 28.0. The quantitative estimate of drug-likeness (QED) is 0.0145. The molecule has 0 aromatic heterocycles. The minimum Gasteiger partial charge on any atom is -0.462 e. The Kier molecular flexibility index (Phi) is 39.4. The third-order valence-corrected chi connectivity index (χ3v) is 13.6. The van der Waals surface area contributed by atoms with Gasteiger partial charge in [0, 0.05) is 12.8 Å². The van der Waals surface area contributed by atoms with Crippen LogP contribution in [0.15, 0.2) is 12.2 Å². The molecule has 0 aromatic rings. The largest absolute Gasteiger partial charge is 0.472 e. The van der Waals surface area contributed by atoms with Crippen LogP contribution in [-0.4, -0.2) is 98.3 Å². The van der Waals surface area contributed by atoms with Crippen molar-refractivity contribution >= 4 is 19.8 Å². The smallest absolute Gasteiger partial charge is 0.462 e. The molecule has 0 amide bonds. The van der Waals surface area contributed by atoms with Crippen molar-refractivity contribution < 1.29 is 63.1 Å². The zero-order valence-corrected chi connectivity index (χ0v) is 41.9. The number of carbonyl (C=O) groups is 2. The maximum atomic E-state index is 12.8. The van der Waals surface area contributed by atoms with Crippen LogP contribution in [0.4, 0.5) is 0 Å². The molecular formula is C51H97O13P. The maximum absolute atomic E-state index is 12.8. The van der Waals surface area contributed by atoms with Gasteiger partial charge in [0.05, 0.1) is 6.61 Å². The summed E-state index contributed by atoms with van der Waals surface area (Å²) in [5.74, 6) is -1.09. The van der Waals surface area contributed by atoms with E-state index in [-0.39, 0.29) is 12.8 Å². The Morgan fingerprint density at radius 3 is 1.22 bits per heavy atom. The second kappa shape index (κ2) is 41.6. The summed E-state index contributed by atoms with van der Waals surface area (Å²) in [6.07, 6.45) is 32.6. The second-order valence-corrected chi connectivity index (χ2v) is 20.1. The van der Waals surface area contributed by atoms with Gasteiger partial charge in [-0.1, -0.05) is 212 Å². The van der Waals surface area contributed by atoms with Crippen molar-refractivity contribution in [2.75, 3.05) is 13.2 Å². The van der Waals surface area contributed by atoms with E-state index in [2.05, 4.69) is 26.0 Å². The standard InChI is InChI=1S/C51H97O13P/c1-3-5-7-9-11-13-15-17-19-20-21-22-23-24-26-27-29-31-33-35-37-39-44(52)61-41-43(42-62-65(59,60)64-51-49(57)47(55)46(54)48(56)50(51)58)63-45(53)40-38-36-34-32-30-28-25-18-16-14-12-10-8-6-4-2/h10,12,43,46-51,54-58H,3-9,11,13-42H2,1-2H3,(H,59,60)/b12-10+/t43-,46?,47-,48?,49?,50?,51?/m0/s1. The van der Waals surface area contributed by atoms with Crippen LogP contribution in [0.3, 0.4) is 0 Å². The van der Waals surface area contributed by atoms with Crippen molar-refractivity contribution in [2.24, 2.45) is 0 Å². The molecule has 0 heterocycles. The van der Waals surface area contributed by atoms with Gasteiger partial charge in [-0.2, -0.15) is 0 Å². The predicted molar refractivity (Wildman–Crippen MR) is 258 cm³/mol. The number of aliphatic hydroxyl groups is 5. The van der Waals surface area contributed by atoms with Gasteiger partial charge in [-0.3, -0.25) is 18.6 Å². The van der Waals surface area contributed by atoms with Gasteiger partial charge in [0.2, 0.25) is 0 Å². The number of hydrogen-bond acceptors (Lipinski definition) is 12. The zero-order valence-electron chi connectivity index (χ0n) is 41.1. The van der Waals surface area contributed by atoms with Gasteiger partial charge in [-0.25, -0.2) is 4.57 Å². The lowest BCUT2D eigenvalue weighted by Crippen LogP contribution is -2.64. The molecule has 0 aliphatic heterocycles. The monoisotopic (exact) mass is 949 g/mol. The van der Waals surface area contributed by atoms with Crippen molar-refractivity contribution in [3.05, 3.63) is 12.2 Å². The first kappa shape index (κ1) is 61.6. The Balaban J connectivity index is 2.35. The molecule has 13 nitrogen and oxygen atoms in total. The Morgan fingerprint density at radius 2 is 0.800 bits per heavy atom. The highest BCUT2D eigenvalue weighted by atomic mass is 31.2. The highest BCUT2D eigenvalue weighted by Crippen LogP contribution is 2.47. The summed E-state index contributed by atoms with van der Waals surface area (Å²) in [7, 11) is -5.12. The number of ether oxygens (including phenoxy) is 2. The average molecular weight is 949 g/mol. The fourth-order valence-corrected chi connectivity index (χ4v) is 9.30. The van der Waals surface area contributed by atoms with Crippen LogP contribution in [0.1, 0.15) is 245 Å². The van der Waals surface area contributed by atoms with Gasteiger partial charge >= 0.3 is 19.8 Å². The third kappa shape index (κ3) is 33.7. The highest BCUT2D eigenvalue weighted by Gasteiger charge is 2.51. The number of phosphoric ester groups is 1. The van der Waals surface area contributed by atoms with Crippen molar-refractivity contribution in [2.45, 2.75) is 288 Å². The van der Waals surface area contributed by atoms with Crippen molar-refractivity contribution in [1.82, 2.24) is 0 Å². The third-order valence-electron chi connectivity index (χ3n) is 12.6. The second-order valence-electron chi connectivity index (χ2n) is 18.7. The van der Waals surface area contributed by atoms with E-state index in [0.29, 0.717) is 12.8 Å². The number of allylic oxidation sites excluding steroid dienone is 2. The van der Waals surface area contributed by atoms with E-state index in [0.717, 1.165) is 51.4 Å². The number of rotatable bonds is 45. The Morgan fingerprint density at radius 1 is 0.462 bits per heavy atom. The number of carbonyl (C=O) groups excluding carboxylic acids is 2. The topological polar surface area (TPSA) is 210 Å². The fourth-order valence-electron chi connectivity index (χ4n) is 8.33. The summed E-state index contributed by atoms with van der Waals surface area (Å²) in [5, 5.41) is 50.3. The molecule has 0 saturated heterocycles. The van der Waals surface area contributed by atoms with Gasteiger partial charge in [0.1, 0.15) is 43.2 Å². The lowest BCUT2D eigenvalue weighted by Gasteiger charge is -2.41. The minimum absolute atomic E-state index is 0.0987. The number of aliphatic hydroxyl groups excluding tert-OH is 5. The van der Waals surface area contributed by atoms with E-state index in [1.54, 1.807) is 0 Å². The van der Waals surface area contributed by atoms with E-state index in [1.165, 1.54) is 154 Å². The molecule has 1 fully saturated rings. The fraction of sp³-hybridized carbons (Fsp3) is 0.922. The number of hydrogen-bond donors (Lipinski definition) is 6. The minimum atomic E-state index is -5.12. The summed E-state index contributed by atoms with van der Waals surface area (Å²) in [6, 6.07) is 0. The van der Waals surface area contributed by atoms with Crippen LogP contribution in [0.5, 0.6) is 0 Å². The first-order valence-electron chi connectivity index (χ1n) is 26.5. The number of esters is 2. The lowest BCUT2D eigenvalue weighted by molar-refractivity contribution is -0.220. The molecule has 6 unspecified atom stereocenters. The predicted octanol–water partition coefficient (Wildman–Crippen LogP) is 11.4. The van der Waals surface area contributed by atoms with Crippen LogP contribution >= 0.6 is 7.82 Å². The van der Waals surface area contributed by atoms with Crippen LogP contribution in [-0.2, 0) is 32.7 Å². The molecule has 0 bridgehead atoms. The SMILES string of the molecule is CCCC/C=C/CCCCCCCCCCCC(=O)O[C@@H](COC(=O)CCCCCCCCCCCCCCCCCCCCCCC)COP(=O)(O)OC1C(O)C(O)C(O)[C@H](O)C1O. The van der Waals surface area contributed by atoms with E-state index < -0.39 is 75.7 Å². The molecule has 384 valence electrons. The molecule has 14 heteroatoms. The van der Waals surface area contributed by atoms with E-state index in [9.17, 15) is 44.6 Å². The molecule has 8 atom stereocenters. The maximum Gasteiger partial charge on any atom is 0.472 e. The number of phosphoric acid groups is 1. The molecule has 65 heavy (non-hydrogen) atoms. The Bertz CT molecular complexity index is 1190. The van der Waals surface area contributed by atoms with Gasteiger partial charge in [0.25, 0.3) is 0 Å².